The van der Waals surface area contributed by atoms with Gasteiger partial charge in [-0.1, -0.05) is 24.3 Å². The van der Waals surface area contributed by atoms with Gasteiger partial charge in [-0.3, -0.25) is 48.2 Å². The van der Waals surface area contributed by atoms with E-state index in [1.54, 1.807) is 30.3 Å². The number of carbonyl (C=O) groups is 4. The van der Waals surface area contributed by atoms with E-state index in [9.17, 15) is 69.8 Å². The van der Waals surface area contributed by atoms with E-state index in [0.29, 0.717) is 32.9 Å². The third-order valence-electron chi connectivity index (χ3n) is 17.2. The first-order chi connectivity index (χ1) is 47.1. The molecule has 0 saturated carbocycles. The number of rotatable bonds is 14. The number of carbonyl (C=O) groups excluding carboxylic acids is 3. The highest BCUT2D eigenvalue weighted by molar-refractivity contribution is 6.00. The molecule has 0 spiro atoms. The summed E-state index contributed by atoms with van der Waals surface area (Å²) < 4.78 is 132. The van der Waals surface area contributed by atoms with Crippen LogP contribution in [0.4, 0.5) is 46.5 Å². The molecular formula is C67H58F8N12O12. The highest BCUT2D eigenvalue weighted by Gasteiger charge is 2.47. The maximum Gasteiger partial charge on any atom is 0.411 e. The van der Waals surface area contributed by atoms with Crippen molar-refractivity contribution in [1.82, 2.24) is 48.8 Å². The number of aryl methyl sites for hydroxylation is 4. The second-order valence-corrected chi connectivity index (χ2v) is 23.2. The molecular weight excluding hydrogens is 1320 g/mol. The van der Waals surface area contributed by atoms with E-state index in [0.717, 1.165) is 38.2 Å². The Bertz CT molecular complexity index is 5110. The number of nitrogens with zero attached hydrogens (tertiary/aromatic N) is 10. The lowest BCUT2D eigenvalue weighted by Gasteiger charge is -2.38. The van der Waals surface area contributed by atoms with Gasteiger partial charge in [0.15, 0.2) is 0 Å². The highest BCUT2D eigenvalue weighted by Crippen LogP contribution is 2.36. The molecule has 2 saturated heterocycles. The van der Waals surface area contributed by atoms with Gasteiger partial charge in [-0.25, -0.2) is 37.1 Å². The summed E-state index contributed by atoms with van der Waals surface area (Å²) in [5.74, 6) is -6.58. The van der Waals surface area contributed by atoms with Crippen LogP contribution in [0.25, 0.3) is 55.0 Å². The molecule has 2 amide bonds. The van der Waals surface area contributed by atoms with Gasteiger partial charge in [-0.2, -0.15) is 26.3 Å². The van der Waals surface area contributed by atoms with Crippen LogP contribution < -0.4 is 42.9 Å². The number of aliphatic carboxylic acids is 1. The normalized spacial score (nSPS) is 15.7. The molecule has 10 aromatic rings. The fourth-order valence-corrected chi connectivity index (χ4v) is 12.3. The molecule has 32 heteroatoms. The zero-order chi connectivity index (χ0) is 71.1. The van der Waals surface area contributed by atoms with E-state index in [-0.39, 0.29) is 94.8 Å². The Balaban J connectivity index is 0.000000200. The molecule has 0 unspecified atom stereocenters. The first-order valence-corrected chi connectivity index (χ1v) is 30.3. The topological polar surface area (TPSA) is 286 Å². The fraction of sp³-hybridized carbons (Fsp3) is 0.284. The average Bonchev–Trinajstić information content (AvgIpc) is 0.756. The number of anilines is 2. The number of alkyl halides is 6. The molecule has 2 aliphatic rings. The number of carboxylic acids is 1. The van der Waals surface area contributed by atoms with Gasteiger partial charge in [0.2, 0.25) is 0 Å². The Morgan fingerprint density at radius 1 is 0.596 bits per heavy atom. The van der Waals surface area contributed by atoms with Crippen LogP contribution in [0.5, 0.6) is 0 Å². The summed E-state index contributed by atoms with van der Waals surface area (Å²) >= 11 is 0. The quantitative estimate of drug-likeness (QED) is 0.0760. The summed E-state index contributed by atoms with van der Waals surface area (Å²) in [7, 11) is 4.12. The molecule has 99 heavy (non-hydrogen) atoms. The maximum absolute atomic E-state index is 15.5. The summed E-state index contributed by atoms with van der Waals surface area (Å²) in [5.41, 5.74) is -1.27. The van der Waals surface area contributed by atoms with Gasteiger partial charge in [0.25, 0.3) is 22.9 Å². The molecule has 0 radical (unpaired) electrons. The van der Waals surface area contributed by atoms with E-state index >= 15 is 8.78 Å². The number of pyridine rings is 4. The zero-order valence-corrected chi connectivity index (χ0v) is 52.9. The van der Waals surface area contributed by atoms with Gasteiger partial charge < -0.3 is 39.8 Å². The summed E-state index contributed by atoms with van der Waals surface area (Å²) in [5, 5.41) is 16.2. The van der Waals surface area contributed by atoms with Crippen LogP contribution in [-0.2, 0) is 50.7 Å². The number of methoxy groups -OCH3 is 1. The molecule has 8 heterocycles. The van der Waals surface area contributed by atoms with Crippen LogP contribution in [0.15, 0.2) is 141 Å². The minimum atomic E-state index is -4.65. The molecule has 4 atom stereocenters. The lowest BCUT2D eigenvalue weighted by atomic mass is 9.99. The van der Waals surface area contributed by atoms with E-state index in [4.69, 9.17) is 14.2 Å². The Hall–Kier alpha value is -11.3. The van der Waals surface area contributed by atoms with Crippen LogP contribution in [0.1, 0.15) is 43.0 Å². The number of hydrogen-bond donors (Lipinski definition) is 3. The predicted octanol–water partition coefficient (Wildman–Crippen LogP) is 6.64. The second kappa shape index (κ2) is 27.7. The van der Waals surface area contributed by atoms with E-state index in [2.05, 4.69) is 30.6 Å². The number of nitrogens with one attached hydrogen (secondary N) is 2. The fourth-order valence-electron chi connectivity index (χ4n) is 12.3. The number of amides is 2. The number of ether oxygens (including phenoxy) is 3. The van der Waals surface area contributed by atoms with Crippen LogP contribution in [0.2, 0.25) is 0 Å². The zero-order valence-electron chi connectivity index (χ0n) is 52.9. The number of fused-ring (bicyclic) bond motifs is 4. The Morgan fingerprint density at radius 2 is 1.01 bits per heavy atom. The first kappa shape index (κ1) is 69.1. The van der Waals surface area contributed by atoms with E-state index in [1.807, 2.05) is 0 Å². The van der Waals surface area contributed by atoms with Crippen molar-refractivity contribution in [3.63, 3.8) is 0 Å². The number of halogens is 8. The second-order valence-electron chi connectivity index (χ2n) is 23.2. The minimum Gasteiger partial charge on any atom is -0.480 e. The van der Waals surface area contributed by atoms with Crippen molar-refractivity contribution in [1.29, 1.82) is 0 Å². The van der Waals surface area contributed by atoms with E-state index in [1.165, 1.54) is 117 Å². The highest BCUT2D eigenvalue weighted by atomic mass is 19.4. The van der Waals surface area contributed by atoms with Crippen molar-refractivity contribution in [2.24, 2.45) is 14.1 Å². The van der Waals surface area contributed by atoms with Crippen molar-refractivity contribution in [3.05, 3.63) is 209 Å². The van der Waals surface area contributed by atoms with Gasteiger partial charge in [0.05, 0.1) is 101 Å². The van der Waals surface area contributed by atoms with Gasteiger partial charge in [-0.15, -0.1) is 0 Å². The van der Waals surface area contributed by atoms with Crippen LogP contribution >= 0.6 is 0 Å². The van der Waals surface area contributed by atoms with Crippen molar-refractivity contribution < 1.29 is 73.6 Å². The maximum atomic E-state index is 15.5. The molecule has 514 valence electrons. The van der Waals surface area contributed by atoms with Crippen LogP contribution in [0, 0.1) is 25.5 Å². The molecule has 4 aromatic carbocycles. The molecule has 24 nitrogen and oxygen atoms in total. The van der Waals surface area contributed by atoms with Gasteiger partial charge in [0.1, 0.15) is 35.8 Å². The van der Waals surface area contributed by atoms with Gasteiger partial charge in [0, 0.05) is 87.0 Å². The number of hydrogen-bond acceptors (Lipinski definition) is 17. The first-order valence-electron chi connectivity index (χ1n) is 30.3. The average molecular weight is 1380 g/mol. The summed E-state index contributed by atoms with van der Waals surface area (Å²) in [6.45, 7) is 1.18. The minimum absolute atomic E-state index is 0.00115. The molecule has 2 aliphatic heterocycles. The number of carboxylic acid groups (broad SMARTS) is 1. The van der Waals surface area contributed by atoms with E-state index < -0.39 is 119 Å². The SMILES string of the molecule is COC(=O)[C@H](Cc1ccc(-n2c(=O)c3ccncc3n(C)c2=O)c2ncccc12)NC(=O)c1c(C)cc(N2CCOC[C@@H]2C(F)(F)F)cc1F.Cc1cc(N2CCOC[C@@H]2C(F)(F)F)cc(F)c1C(=O)N[C@@H](Cc1ccc(-n2c(=O)c3ccncc3n(C)c2=O)c2ncccc12)C(=O)O. The van der Waals surface area contributed by atoms with Crippen molar-refractivity contribution in [3.8, 4) is 11.4 Å². The Labute approximate surface area is 553 Å². The summed E-state index contributed by atoms with van der Waals surface area (Å²) in [6.07, 6.45) is -1.17. The third-order valence-corrected chi connectivity index (χ3v) is 17.2. The molecule has 0 aliphatic carbocycles. The van der Waals surface area contributed by atoms with Crippen molar-refractivity contribution in [2.75, 3.05) is 56.4 Å². The molecule has 12 rings (SSSR count). The summed E-state index contributed by atoms with van der Waals surface area (Å²) in [6, 6.07) is 12.7. The van der Waals surface area contributed by atoms with Gasteiger partial charge >= 0.3 is 35.7 Å². The molecule has 2 fully saturated rings. The standard InChI is InChI=1S/C34H30F4N6O6.C33H28F4N6O6/c1-18-13-20(43-11-12-50-17-27(43)34(36,37)38)15-23(35)28(18)30(45)41-24(32(47)49-3)14-19-6-7-25(29-21(19)5-4-9-40-29)44-31(46)22-8-10-39-16-26(22)42(2)33(44)48;1-17-12-19(42-10-11-49-16-26(42)33(35,36)37)14-22(34)27(17)29(44)40-23(31(46)47)13-18-5-6-24(28-20(18)4-3-8-39-28)43-30(45)21-7-9-38-15-25(21)41(2)32(43)48/h4-10,13,15-16,24,27H,11-12,14,17H2,1-3H3,(H,41,45);3-9,12,14-15,23,26H,10-11,13,16H2,1-2H3,(H,40,44)(H,46,47)/t24-,27+;23-,26+/m00/s1. The van der Waals surface area contributed by atoms with Crippen LogP contribution in [0.3, 0.4) is 0 Å². The lowest BCUT2D eigenvalue weighted by molar-refractivity contribution is -0.167. The summed E-state index contributed by atoms with van der Waals surface area (Å²) in [4.78, 5) is 125. The molecule has 6 aromatic heterocycles. The monoisotopic (exact) mass is 1370 g/mol. The van der Waals surface area contributed by atoms with Gasteiger partial charge in [-0.05, 0) is 96.8 Å². The Kier molecular flexibility index (Phi) is 19.3. The van der Waals surface area contributed by atoms with Crippen molar-refractivity contribution >= 4 is 78.7 Å². The Morgan fingerprint density at radius 3 is 1.40 bits per heavy atom. The third kappa shape index (κ3) is 13.5. The number of morpholine rings is 2. The number of esters is 1. The van der Waals surface area contributed by atoms with Crippen molar-refractivity contribution in [2.45, 2.75) is 63.2 Å². The number of aromatic nitrogens is 8. The predicted molar refractivity (Wildman–Crippen MR) is 344 cm³/mol. The molecule has 3 N–H and O–H groups in total. The molecule has 0 bridgehead atoms. The smallest absolute Gasteiger partial charge is 0.411 e. The lowest BCUT2D eigenvalue weighted by Crippen LogP contribution is -2.53. The van der Waals surface area contributed by atoms with Crippen LogP contribution in [-0.4, -0.2) is 150 Å². The number of benzene rings is 4. The largest absolute Gasteiger partial charge is 0.480 e.